The van der Waals surface area contributed by atoms with E-state index in [4.69, 9.17) is 9.47 Å². The molecule has 12 atom stereocenters. The van der Waals surface area contributed by atoms with Crippen LogP contribution in [0.1, 0.15) is 171 Å². The maximum atomic E-state index is 13.1. The van der Waals surface area contributed by atoms with E-state index in [1.807, 2.05) is 0 Å². The number of hydrogen-bond acceptors (Lipinski definition) is 4. The molecular weight excluding hydrogens is 592 g/mol. The number of carbonyl (C=O) groups is 2. The zero-order chi connectivity index (χ0) is 34.5. The van der Waals surface area contributed by atoms with Gasteiger partial charge in [0.1, 0.15) is 0 Å². The van der Waals surface area contributed by atoms with Crippen molar-refractivity contribution < 1.29 is 19.1 Å². The molecule has 6 rings (SSSR count). The number of ether oxygens (including phenoxy) is 2. The van der Waals surface area contributed by atoms with E-state index in [9.17, 15) is 9.59 Å². The first kappa shape index (κ1) is 36.7. The standard InChI is InChI=1S/C44H74O4/c1-29(2)31-11-15-35-33(25-31)13-17-37-41(5,21-9-23-43(35,37)7)27-47-39(45)19-20-40(46)48-28-42(6)22-10-24-44(8)36-16-12-32(30(3)4)26-34(36)14-18-38(42)44/h29-38H,9-28H2,1-8H3. The van der Waals surface area contributed by atoms with Gasteiger partial charge in [0.05, 0.1) is 26.1 Å². The fourth-order valence-electron chi connectivity index (χ4n) is 14.4. The van der Waals surface area contributed by atoms with Gasteiger partial charge in [-0.2, -0.15) is 0 Å². The van der Waals surface area contributed by atoms with Crippen LogP contribution in [0.2, 0.25) is 0 Å². The van der Waals surface area contributed by atoms with Crippen LogP contribution in [0, 0.1) is 80.8 Å². The van der Waals surface area contributed by atoms with Crippen molar-refractivity contribution in [2.75, 3.05) is 13.2 Å². The van der Waals surface area contributed by atoms with Gasteiger partial charge in [-0.1, -0.05) is 68.2 Å². The lowest BCUT2D eigenvalue weighted by molar-refractivity contribution is -0.168. The van der Waals surface area contributed by atoms with Crippen LogP contribution >= 0.6 is 0 Å². The van der Waals surface area contributed by atoms with E-state index in [2.05, 4.69) is 55.4 Å². The average Bonchev–Trinajstić information content (AvgIpc) is 3.05. The Kier molecular flexibility index (Phi) is 10.8. The minimum Gasteiger partial charge on any atom is -0.465 e. The third-order valence-electron chi connectivity index (χ3n) is 17.1. The Morgan fingerprint density at radius 3 is 1.33 bits per heavy atom. The molecule has 274 valence electrons. The van der Waals surface area contributed by atoms with Crippen molar-refractivity contribution >= 4 is 11.9 Å². The van der Waals surface area contributed by atoms with Gasteiger partial charge in [0, 0.05) is 10.8 Å². The molecule has 48 heavy (non-hydrogen) atoms. The number of hydrogen-bond donors (Lipinski definition) is 0. The van der Waals surface area contributed by atoms with E-state index < -0.39 is 0 Å². The Labute approximate surface area is 295 Å². The normalized spacial score (nSPS) is 45.8. The van der Waals surface area contributed by atoms with Gasteiger partial charge in [0.2, 0.25) is 0 Å². The van der Waals surface area contributed by atoms with Gasteiger partial charge in [-0.25, -0.2) is 0 Å². The zero-order valence-corrected chi connectivity index (χ0v) is 32.5. The highest BCUT2D eigenvalue weighted by Crippen LogP contribution is 2.66. The van der Waals surface area contributed by atoms with Gasteiger partial charge in [0.25, 0.3) is 0 Å². The molecule has 4 nitrogen and oxygen atoms in total. The molecule has 6 aliphatic rings. The van der Waals surface area contributed by atoms with Crippen molar-refractivity contribution in [3.05, 3.63) is 0 Å². The zero-order valence-electron chi connectivity index (χ0n) is 32.5. The first-order valence-electron chi connectivity index (χ1n) is 21.0. The smallest absolute Gasteiger partial charge is 0.306 e. The van der Waals surface area contributed by atoms with E-state index in [0.29, 0.717) is 35.9 Å². The molecule has 0 aromatic rings. The second-order valence-corrected chi connectivity index (χ2v) is 20.5. The second-order valence-electron chi connectivity index (χ2n) is 20.5. The molecule has 6 saturated carbocycles. The Balaban J connectivity index is 0.975. The van der Waals surface area contributed by atoms with Gasteiger partial charge in [-0.05, 0) is 160 Å². The lowest BCUT2D eigenvalue weighted by Gasteiger charge is -2.61. The molecule has 6 fully saturated rings. The predicted molar refractivity (Wildman–Crippen MR) is 195 cm³/mol. The Morgan fingerprint density at radius 2 is 0.958 bits per heavy atom. The SMILES string of the molecule is CC(C)C1CCC2C(CCC3C(C)(COC(=O)CCC(=O)OCC4(C)CCCC5(C)C6CCC(C(C)C)CC6CCC45)CCCC23C)C1. The quantitative estimate of drug-likeness (QED) is 0.230. The van der Waals surface area contributed by atoms with E-state index in [-0.39, 0.29) is 35.6 Å². The molecular formula is C44H74O4. The Hall–Kier alpha value is -1.06. The molecule has 0 spiro atoms. The van der Waals surface area contributed by atoms with E-state index in [0.717, 1.165) is 60.2 Å². The fraction of sp³-hybridized carbons (Fsp3) is 0.955. The summed E-state index contributed by atoms with van der Waals surface area (Å²) in [6.45, 7) is 20.7. The molecule has 12 unspecified atom stereocenters. The van der Waals surface area contributed by atoms with Crippen LogP contribution < -0.4 is 0 Å². The molecule has 0 bridgehead atoms. The molecule has 4 heteroatoms. The Morgan fingerprint density at radius 1 is 0.562 bits per heavy atom. The topological polar surface area (TPSA) is 52.6 Å². The lowest BCUT2D eigenvalue weighted by atomic mass is 9.44. The maximum absolute atomic E-state index is 13.1. The highest BCUT2D eigenvalue weighted by molar-refractivity contribution is 5.77. The van der Waals surface area contributed by atoms with E-state index >= 15 is 0 Å². The highest BCUT2D eigenvalue weighted by atomic mass is 16.5. The van der Waals surface area contributed by atoms with Gasteiger partial charge in [0.15, 0.2) is 0 Å². The minimum absolute atomic E-state index is 0.0400. The van der Waals surface area contributed by atoms with Gasteiger partial charge in [-0.3, -0.25) is 9.59 Å². The van der Waals surface area contributed by atoms with Crippen LogP contribution in [0.25, 0.3) is 0 Å². The summed E-state index contributed by atoms with van der Waals surface area (Å²) >= 11 is 0. The van der Waals surface area contributed by atoms with Crippen LogP contribution in [0.3, 0.4) is 0 Å². The maximum Gasteiger partial charge on any atom is 0.306 e. The average molecular weight is 667 g/mol. The summed E-state index contributed by atoms with van der Waals surface area (Å²) in [5, 5.41) is 0. The number of carbonyl (C=O) groups excluding carboxylic acids is 2. The predicted octanol–water partition coefficient (Wildman–Crippen LogP) is 11.4. The fourth-order valence-corrected chi connectivity index (χ4v) is 14.4. The molecule has 0 aromatic heterocycles. The summed E-state index contributed by atoms with van der Waals surface area (Å²) in [6.07, 6.45) is 21.4. The van der Waals surface area contributed by atoms with Crippen LogP contribution in [-0.2, 0) is 19.1 Å². The molecule has 0 amide bonds. The second kappa shape index (κ2) is 14.2. The highest BCUT2D eigenvalue weighted by Gasteiger charge is 2.58. The van der Waals surface area contributed by atoms with Crippen molar-refractivity contribution in [3.8, 4) is 0 Å². The van der Waals surface area contributed by atoms with Gasteiger partial charge in [-0.15, -0.1) is 0 Å². The van der Waals surface area contributed by atoms with Crippen LogP contribution in [0.15, 0.2) is 0 Å². The lowest BCUT2D eigenvalue weighted by Crippen LogP contribution is -2.55. The number of esters is 2. The summed E-state index contributed by atoms with van der Waals surface area (Å²) in [5.41, 5.74) is 0.814. The van der Waals surface area contributed by atoms with Crippen molar-refractivity contribution in [2.24, 2.45) is 80.8 Å². The third-order valence-corrected chi connectivity index (χ3v) is 17.1. The van der Waals surface area contributed by atoms with Crippen LogP contribution in [0.4, 0.5) is 0 Å². The van der Waals surface area contributed by atoms with Crippen LogP contribution in [-0.4, -0.2) is 25.2 Å². The molecule has 0 aliphatic heterocycles. The summed E-state index contributed by atoms with van der Waals surface area (Å²) in [5.74, 6) is 7.61. The van der Waals surface area contributed by atoms with Crippen molar-refractivity contribution in [3.63, 3.8) is 0 Å². The van der Waals surface area contributed by atoms with Gasteiger partial charge >= 0.3 is 11.9 Å². The first-order valence-corrected chi connectivity index (χ1v) is 21.0. The van der Waals surface area contributed by atoms with E-state index in [1.165, 1.54) is 89.9 Å². The number of fused-ring (bicyclic) bond motifs is 6. The molecule has 0 radical (unpaired) electrons. The first-order chi connectivity index (χ1) is 22.7. The van der Waals surface area contributed by atoms with Crippen molar-refractivity contribution in [2.45, 2.75) is 171 Å². The van der Waals surface area contributed by atoms with Gasteiger partial charge < -0.3 is 9.47 Å². The largest absolute Gasteiger partial charge is 0.465 e. The molecule has 6 aliphatic carbocycles. The summed E-state index contributed by atoms with van der Waals surface area (Å²) in [7, 11) is 0. The monoisotopic (exact) mass is 667 g/mol. The Bertz CT molecular complexity index is 1060. The minimum atomic E-state index is -0.224. The third kappa shape index (κ3) is 6.92. The molecule has 0 aromatic carbocycles. The summed E-state index contributed by atoms with van der Waals surface area (Å²) < 4.78 is 12.1. The van der Waals surface area contributed by atoms with E-state index in [1.54, 1.807) is 0 Å². The van der Waals surface area contributed by atoms with Crippen LogP contribution in [0.5, 0.6) is 0 Å². The summed E-state index contributed by atoms with van der Waals surface area (Å²) in [4.78, 5) is 26.1. The van der Waals surface area contributed by atoms with Crippen molar-refractivity contribution in [1.82, 2.24) is 0 Å². The summed E-state index contributed by atoms with van der Waals surface area (Å²) in [6, 6.07) is 0. The molecule has 0 N–H and O–H groups in total. The van der Waals surface area contributed by atoms with Crippen molar-refractivity contribution in [1.29, 1.82) is 0 Å². The number of rotatable bonds is 9. The molecule has 0 saturated heterocycles. The molecule has 0 heterocycles.